The van der Waals surface area contributed by atoms with Crippen molar-refractivity contribution in [3.05, 3.63) is 77.7 Å². The second-order valence-electron chi connectivity index (χ2n) is 19.9. The van der Waals surface area contributed by atoms with Crippen LogP contribution < -0.4 is 16.0 Å². The Bertz CT molecular complexity index is 1610. The van der Waals surface area contributed by atoms with Crippen LogP contribution >= 0.6 is 0 Å². The average Bonchev–Trinajstić information content (AvgIpc) is 3.56. The van der Waals surface area contributed by atoms with E-state index in [2.05, 4.69) is 153 Å². The molecule has 0 bridgehead atoms. The number of aliphatic imine (C=N–C) groups is 1. The van der Waals surface area contributed by atoms with Gasteiger partial charge in [-0.3, -0.25) is 19.9 Å². The van der Waals surface area contributed by atoms with Crippen molar-refractivity contribution in [1.82, 2.24) is 20.9 Å². The number of nitrogens with zero attached hydrogens (tertiary/aromatic N) is 2. The first-order valence-electron chi connectivity index (χ1n) is 24.9. The highest BCUT2D eigenvalue weighted by Crippen LogP contribution is 2.45. The summed E-state index contributed by atoms with van der Waals surface area (Å²) in [5.74, 6) is 4.11. The van der Waals surface area contributed by atoms with Gasteiger partial charge in [-0.05, 0) is 118 Å². The van der Waals surface area contributed by atoms with Crippen molar-refractivity contribution in [3.8, 4) is 0 Å². The zero-order chi connectivity index (χ0) is 49.4. The van der Waals surface area contributed by atoms with Crippen molar-refractivity contribution in [2.45, 2.75) is 181 Å². The Morgan fingerprint density at radius 2 is 1.53 bits per heavy atom. The van der Waals surface area contributed by atoms with Gasteiger partial charge in [-0.25, -0.2) is 0 Å². The fraction of sp³-hybridized carbons (Fsp3) is 0.696. The molecule has 3 N–H and O–H groups in total. The second kappa shape index (κ2) is 30.7. The molecule has 8 atom stereocenters. The average molecular weight is 890 g/mol. The highest BCUT2D eigenvalue weighted by molar-refractivity contribution is 5.80. The third kappa shape index (κ3) is 20.8. The fourth-order valence-corrected chi connectivity index (χ4v) is 9.44. The van der Waals surface area contributed by atoms with E-state index in [0.717, 1.165) is 60.6 Å². The van der Waals surface area contributed by atoms with Crippen LogP contribution in [0.15, 0.2) is 71.6 Å². The van der Waals surface area contributed by atoms with E-state index in [1.165, 1.54) is 42.9 Å². The number of benzene rings is 1. The predicted octanol–water partition coefficient (Wildman–Crippen LogP) is 13.4. The number of nitrogens with one attached hydrogen (secondary N) is 3. The van der Waals surface area contributed by atoms with Crippen LogP contribution in [0, 0.1) is 46.3 Å². The summed E-state index contributed by atoms with van der Waals surface area (Å²) >= 11 is 0. The van der Waals surface area contributed by atoms with Crippen molar-refractivity contribution in [1.29, 1.82) is 0 Å². The van der Waals surface area contributed by atoms with Gasteiger partial charge in [0.2, 0.25) is 11.8 Å². The Labute approximate surface area is 395 Å². The summed E-state index contributed by atoms with van der Waals surface area (Å²) in [6, 6.07) is 9.21. The first-order chi connectivity index (χ1) is 30.0. The van der Waals surface area contributed by atoms with E-state index < -0.39 is 0 Å². The molecule has 3 fully saturated rings. The molecule has 8 heteroatoms. The van der Waals surface area contributed by atoms with Crippen LogP contribution in [0.1, 0.15) is 174 Å². The van der Waals surface area contributed by atoms with Gasteiger partial charge in [-0.15, -0.1) is 0 Å². The summed E-state index contributed by atoms with van der Waals surface area (Å²) in [6.45, 7) is 46.8. The Morgan fingerprint density at radius 1 is 0.953 bits per heavy atom. The molecular weight excluding hydrogens is 791 g/mol. The molecule has 366 valence electrons. The number of carbonyl (C=O) groups excluding carboxylic acids is 2. The first kappa shape index (κ1) is 60.5. The normalized spacial score (nSPS) is 29.2. The van der Waals surface area contributed by atoms with Gasteiger partial charge in [0.05, 0.1) is 19.0 Å². The lowest BCUT2D eigenvalue weighted by atomic mass is 9.66. The first-order valence-corrected chi connectivity index (χ1v) is 24.9. The summed E-state index contributed by atoms with van der Waals surface area (Å²) < 4.78 is 6.23. The molecule has 6 unspecified atom stereocenters. The van der Waals surface area contributed by atoms with Crippen LogP contribution in [0.5, 0.6) is 0 Å². The SMILES string of the molecule is C=C1CC(C)C(C)(C)C[C@@H](C)/C(=C\CC)C(C)C2NC(=O)C[C@]2(C)COC(=C)C1C.CC.CC.CC1CC(C)CC(N(C)C)C1.CC=N/C=C(\C)c1ccc(CNCNC(C)=O)cc1. The van der Waals surface area contributed by atoms with Gasteiger partial charge in [0.15, 0.2) is 0 Å². The van der Waals surface area contributed by atoms with E-state index >= 15 is 0 Å². The summed E-state index contributed by atoms with van der Waals surface area (Å²) in [5, 5.41) is 9.13. The maximum Gasteiger partial charge on any atom is 0.221 e. The molecule has 1 saturated carbocycles. The number of carbonyl (C=O) groups is 2. The Kier molecular flexibility index (Phi) is 29.0. The van der Waals surface area contributed by atoms with E-state index in [-0.39, 0.29) is 40.5 Å². The molecule has 2 saturated heterocycles. The maximum absolute atomic E-state index is 12.5. The standard InChI is InChI=1S/C27H45NO2.C15H21N3O.C10H21N.2C2H6/c1-11-12-23-18(3)14-26(8,9)19(4)13-17(2)20(5)22(7)30-16-27(10)15-24(29)28-25(27)21(23)6;1-4-16-9-12(2)15-7-5-14(6-8-15)10-17-11-18-13(3)19;1-8-5-9(2)7-10(6-8)11(3)4;2*1-2/h12,18-21,25H,2,7,11,13-16H2,1,3-6,8-10H3,(H,28,29);4-9,17H,10-11H2,1-3H3,(H,18,19);8-10H,5-7H2,1-4H3;2*1-2H3/b23-12+;12-9+,16-4?;;;/t18-,19?,20?,21?,25?,27-;;;;/m1..../s1. The molecule has 3 aliphatic rings. The van der Waals surface area contributed by atoms with E-state index in [0.29, 0.717) is 31.5 Å². The number of allylic oxidation sites excluding steroid dienone is 3. The fourth-order valence-electron chi connectivity index (χ4n) is 9.44. The van der Waals surface area contributed by atoms with Gasteiger partial charge < -0.3 is 20.3 Å². The minimum Gasteiger partial charge on any atom is -0.497 e. The second-order valence-corrected chi connectivity index (χ2v) is 19.9. The number of amides is 2. The predicted molar refractivity (Wildman–Crippen MR) is 279 cm³/mol. The highest BCUT2D eigenvalue weighted by Gasteiger charge is 2.48. The Balaban J connectivity index is 0.000000991. The highest BCUT2D eigenvalue weighted by atomic mass is 16.5. The summed E-state index contributed by atoms with van der Waals surface area (Å²) in [7, 11) is 4.41. The molecular formula is C56H99N5O3. The largest absolute Gasteiger partial charge is 0.497 e. The molecule has 2 aliphatic heterocycles. The number of hydrogen-bond donors (Lipinski definition) is 3. The lowest BCUT2D eigenvalue weighted by Crippen LogP contribution is -2.45. The number of hydrogen-bond acceptors (Lipinski definition) is 6. The van der Waals surface area contributed by atoms with Crippen LogP contribution in [0.2, 0.25) is 0 Å². The maximum atomic E-state index is 12.5. The summed E-state index contributed by atoms with van der Waals surface area (Å²) in [4.78, 5) is 29.7. The van der Waals surface area contributed by atoms with Crippen molar-refractivity contribution in [3.63, 3.8) is 0 Å². The lowest BCUT2D eigenvalue weighted by molar-refractivity contribution is -0.120. The molecule has 64 heavy (non-hydrogen) atoms. The van der Waals surface area contributed by atoms with Gasteiger partial charge in [0.25, 0.3) is 0 Å². The van der Waals surface area contributed by atoms with Crippen LogP contribution in [-0.4, -0.2) is 62.4 Å². The Morgan fingerprint density at radius 3 is 2.05 bits per heavy atom. The van der Waals surface area contributed by atoms with Gasteiger partial charge in [0, 0.05) is 55.7 Å². The minimum absolute atomic E-state index is 0.0277. The molecule has 2 heterocycles. The number of fused-ring (bicyclic) bond motifs is 1. The van der Waals surface area contributed by atoms with Crippen molar-refractivity contribution >= 4 is 23.6 Å². The molecule has 0 aromatic heterocycles. The van der Waals surface area contributed by atoms with Crippen molar-refractivity contribution < 1.29 is 14.3 Å². The van der Waals surface area contributed by atoms with E-state index in [1.807, 2.05) is 47.7 Å². The topological polar surface area (TPSA) is 95.1 Å². The summed E-state index contributed by atoms with van der Waals surface area (Å²) in [6.07, 6.45) is 13.9. The molecule has 0 spiro atoms. The smallest absolute Gasteiger partial charge is 0.221 e. The quantitative estimate of drug-likeness (QED) is 0.105. The van der Waals surface area contributed by atoms with Crippen molar-refractivity contribution in [2.24, 2.45) is 51.3 Å². The zero-order valence-electron chi connectivity index (χ0n) is 44.8. The monoisotopic (exact) mass is 890 g/mol. The third-order valence-electron chi connectivity index (χ3n) is 13.6. The van der Waals surface area contributed by atoms with E-state index in [1.54, 1.807) is 6.21 Å². The van der Waals surface area contributed by atoms with Crippen LogP contribution in [-0.2, 0) is 20.9 Å². The van der Waals surface area contributed by atoms with Crippen LogP contribution in [0.3, 0.4) is 0 Å². The lowest BCUT2D eigenvalue weighted by Gasteiger charge is -2.41. The molecule has 1 aromatic rings. The number of ether oxygens (including phenoxy) is 1. The van der Waals surface area contributed by atoms with E-state index in [9.17, 15) is 9.59 Å². The van der Waals surface area contributed by atoms with Gasteiger partial charge in [-0.1, -0.05) is 152 Å². The number of rotatable bonds is 8. The summed E-state index contributed by atoms with van der Waals surface area (Å²) in [5.41, 5.74) is 6.07. The van der Waals surface area contributed by atoms with Gasteiger partial charge >= 0.3 is 0 Å². The van der Waals surface area contributed by atoms with Crippen LogP contribution in [0.4, 0.5) is 0 Å². The van der Waals surface area contributed by atoms with Gasteiger partial charge in [0.1, 0.15) is 0 Å². The molecule has 1 aliphatic carbocycles. The van der Waals surface area contributed by atoms with E-state index in [4.69, 9.17) is 4.74 Å². The van der Waals surface area contributed by atoms with Crippen LogP contribution in [0.25, 0.3) is 5.57 Å². The minimum atomic E-state index is -0.250. The molecule has 0 radical (unpaired) electrons. The zero-order valence-corrected chi connectivity index (χ0v) is 44.8. The molecule has 1 aromatic carbocycles. The molecule has 8 nitrogen and oxygen atoms in total. The van der Waals surface area contributed by atoms with Crippen molar-refractivity contribution in [2.75, 3.05) is 27.4 Å². The molecule has 4 rings (SSSR count). The third-order valence-corrected chi connectivity index (χ3v) is 13.6. The van der Waals surface area contributed by atoms with Gasteiger partial charge in [-0.2, -0.15) is 0 Å². The molecule has 2 amide bonds. The Hall–Kier alpha value is -3.49.